The summed E-state index contributed by atoms with van der Waals surface area (Å²) in [6, 6.07) is 6.52. The number of nitrogens with zero attached hydrogens (tertiary/aromatic N) is 4. The Kier molecular flexibility index (Phi) is 6.47. The molecule has 2 atom stereocenters. The van der Waals surface area contributed by atoms with Crippen LogP contribution < -0.4 is 10.6 Å². The molecule has 0 unspecified atom stereocenters. The average molecular weight is 524 g/mol. The number of anilines is 3. The van der Waals surface area contributed by atoms with Gasteiger partial charge in [-0.15, -0.1) is 0 Å². The van der Waals surface area contributed by atoms with E-state index in [9.17, 15) is 14.0 Å². The molecule has 0 spiro atoms. The minimum Gasteiger partial charge on any atom is -0.351 e. The van der Waals surface area contributed by atoms with Gasteiger partial charge in [0.05, 0.1) is 16.2 Å². The summed E-state index contributed by atoms with van der Waals surface area (Å²) in [5.41, 5.74) is 3.23. The van der Waals surface area contributed by atoms with Gasteiger partial charge in [0.1, 0.15) is 29.5 Å². The smallest absolute Gasteiger partial charge is 0.270 e. The summed E-state index contributed by atoms with van der Waals surface area (Å²) in [4.78, 5) is 42.0. The Bertz CT molecular complexity index is 1420. The number of carbonyl (C=O) groups is 2. The van der Waals surface area contributed by atoms with E-state index in [0.29, 0.717) is 52.9 Å². The molecular weight excluding hydrogens is 497 g/mol. The number of nitrogens with one attached hydrogen (secondary N) is 3. The maximum atomic E-state index is 13.6. The fourth-order valence-electron chi connectivity index (χ4n) is 4.69. The van der Waals surface area contributed by atoms with Crippen molar-refractivity contribution in [3.05, 3.63) is 63.9 Å². The zero-order valence-electron chi connectivity index (χ0n) is 20.9. The highest BCUT2D eigenvalue weighted by molar-refractivity contribution is 6.35. The number of amides is 2. The number of aromatic nitrogens is 3. The SMILES string of the molecule is Cc1cc(C(=O)N2C[C@@H](C)N(C)[C@@H](C)C2)[nH]c1C=C1C(=O)Nc2ncnc(Nc3ccc(F)c(Cl)c3)c21. The second-order valence-electron chi connectivity index (χ2n) is 9.57. The molecule has 0 radical (unpaired) electrons. The second kappa shape index (κ2) is 9.60. The molecule has 2 aromatic heterocycles. The molecular formula is C26H27ClFN7O2. The van der Waals surface area contributed by atoms with Crippen molar-refractivity contribution in [1.29, 1.82) is 0 Å². The number of benzene rings is 1. The summed E-state index contributed by atoms with van der Waals surface area (Å²) in [7, 11) is 2.07. The van der Waals surface area contributed by atoms with E-state index >= 15 is 0 Å². The van der Waals surface area contributed by atoms with E-state index in [1.165, 1.54) is 24.5 Å². The molecule has 37 heavy (non-hydrogen) atoms. The lowest BCUT2D eigenvalue weighted by molar-refractivity contribution is -0.110. The van der Waals surface area contributed by atoms with Crippen molar-refractivity contribution < 1.29 is 14.0 Å². The van der Waals surface area contributed by atoms with Gasteiger partial charge in [0.2, 0.25) is 0 Å². The first kappa shape index (κ1) is 24.9. The van der Waals surface area contributed by atoms with E-state index in [0.717, 1.165) is 5.56 Å². The number of carbonyl (C=O) groups excluding carboxylic acids is 2. The van der Waals surface area contributed by atoms with E-state index < -0.39 is 5.82 Å². The van der Waals surface area contributed by atoms with Crippen LogP contribution >= 0.6 is 11.6 Å². The van der Waals surface area contributed by atoms with Gasteiger partial charge in [-0.05, 0) is 63.7 Å². The number of rotatable bonds is 4. The van der Waals surface area contributed by atoms with Crippen molar-refractivity contribution in [2.24, 2.45) is 0 Å². The quantitative estimate of drug-likeness (QED) is 0.440. The number of halogens is 2. The van der Waals surface area contributed by atoms with E-state index in [1.54, 1.807) is 12.1 Å². The van der Waals surface area contributed by atoms with Gasteiger partial charge in [0.15, 0.2) is 0 Å². The lowest BCUT2D eigenvalue weighted by Crippen LogP contribution is -2.56. The normalized spacial score (nSPS) is 20.8. The average Bonchev–Trinajstić information content (AvgIpc) is 3.38. The molecule has 4 heterocycles. The minimum absolute atomic E-state index is 0.0380. The third-order valence-electron chi connectivity index (χ3n) is 7.00. The van der Waals surface area contributed by atoms with Crippen LogP contribution in [0.1, 0.15) is 41.2 Å². The van der Waals surface area contributed by atoms with Gasteiger partial charge in [-0.3, -0.25) is 14.5 Å². The van der Waals surface area contributed by atoms with Gasteiger partial charge in [0, 0.05) is 36.6 Å². The number of fused-ring (bicyclic) bond motifs is 1. The van der Waals surface area contributed by atoms with E-state index in [1.807, 2.05) is 11.8 Å². The summed E-state index contributed by atoms with van der Waals surface area (Å²) in [5.74, 6) is -0.249. The fourth-order valence-corrected chi connectivity index (χ4v) is 4.87. The van der Waals surface area contributed by atoms with Crippen molar-refractivity contribution in [3.63, 3.8) is 0 Å². The highest BCUT2D eigenvalue weighted by atomic mass is 35.5. The van der Waals surface area contributed by atoms with Crippen molar-refractivity contribution in [2.45, 2.75) is 32.9 Å². The van der Waals surface area contributed by atoms with Gasteiger partial charge >= 0.3 is 0 Å². The Balaban J connectivity index is 1.46. The Morgan fingerprint density at radius 3 is 2.65 bits per heavy atom. The highest BCUT2D eigenvalue weighted by Gasteiger charge is 2.32. The molecule has 9 nitrogen and oxygen atoms in total. The highest BCUT2D eigenvalue weighted by Crippen LogP contribution is 2.37. The van der Waals surface area contributed by atoms with Crippen LogP contribution in [-0.4, -0.2) is 68.8 Å². The maximum absolute atomic E-state index is 13.6. The number of aromatic amines is 1. The predicted molar refractivity (Wildman–Crippen MR) is 141 cm³/mol. The molecule has 0 saturated carbocycles. The zero-order valence-corrected chi connectivity index (χ0v) is 21.7. The van der Waals surface area contributed by atoms with Crippen LogP contribution in [0.2, 0.25) is 5.02 Å². The van der Waals surface area contributed by atoms with Gasteiger partial charge in [-0.1, -0.05) is 11.6 Å². The summed E-state index contributed by atoms with van der Waals surface area (Å²) in [5, 5.41) is 5.80. The molecule has 2 aliphatic heterocycles. The van der Waals surface area contributed by atoms with Crippen LogP contribution in [0, 0.1) is 12.7 Å². The fraction of sp³-hybridized carbons (Fsp3) is 0.308. The Hall–Kier alpha value is -3.76. The standard InChI is InChI=1S/C26H27ClFN7O2/c1-13-7-21(26(37)35-10-14(2)34(4)15(3)11-35)32-20(13)9-17-22-23(29-12-30-24(22)33-25(17)36)31-16-5-6-19(28)18(27)8-16/h5-9,12,14-15,32H,10-11H2,1-4H3,(H2,29,30,31,33,36)/t14-,15+. The second-order valence-corrected chi connectivity index (χ2v) is 9.97. The molecule has 3 N–H and O–H groups in total. The topological polar surface area (TPSA) is 106 Å². The minimum atomic E-state index is -0.536. The van der Waals surface area contributed by atoms with Gasteiger partial charge in [-0.2, -0.15) is 0 Å². The van der Waals surface area contributed by atoms with E-state index in [-0.39, 0.29) is 28.9 Å². The molecule has 3 aromatic rings. The molecule has 2 aliphatic rings. The third-order valence-corrected chi connectivity index (χ3v) is 7.29. The lowest BCUT2D eigenvalue weighted by atomic mass is 10.1. The molecule has 5 rings (SSSR count). The van der Waals surface area contributed by atoms with Crippen molar-refractivity contribution >= 4 is 52.4 Å². The molecule has 1 fully saturated rings. The zero-order chi connectivity index (χ0) is 26.4. The summed E-state index contributed by atoms with van der Waals surface area (Å²) in [6.07, 6.45) is 3.01. The monoisotopic (exact) mass is 523 g/mol. The van der Waals surface area contributed by atoms with Gasteiger partial charge < -0.3 is 20.5 Å². The Labute approximate surface area is 218 Å². The van der Waals surface area contributed by atoms with Crippen LogP contribution in [0.5, 0.6) is 0 Å². The number of hydrogen-bond acceptors (Lipinski definition) is 6. The first-order valence-corrected chi connectivity index (χ1v) is 12.3. The molecule has 0 aliphatic carbocycles. The summed E-state index contributed by atoms with van der Waals surface area (Å²) < 4.78 is 13.6. The van der Waals surface area contributed by atoms with Crippen LogP contribution in [0.4, 0.5) is 21.7 Å². The van der Waals surface area contributed by atoms with Crippen LogP contribution in [0.25, 0.3) is 11.6 Å². The molecule has 1 aromatic carbocycles. The molecule has 192 valence electrons. The predicted octanol–water partition coefficient (Wildman–Crippen LogP) is 4.31. The number of likely N-dealkylation sites (N-methyl/N-ethyl adjacent to an activating group) is 1. The van der Waals surface area contributed by atoms with Crippen LogP contribution in [0.3, 0.4) is 0 Å². The number of aryl methyl sites for hydroxylation is 1. The first-order valence-electron chi connectivity index (χ1n) is 11.9. The summed E-state index contributed by atoms with van der Waals surface area (Å²) in [6.45, 7) is 7.38. The number of piperazine rings is 1. The molecule has 0 bridgehead atoms. The lowest BCUT2D eigenvalue weighted by Gasteiger charge is -2.42. The van der Waals surface area contributed by atoms with Gasteiger partial charge in [-0.25, -0.2) is 14.4 Å². The number of hydrogen-bond donors (Lipinski definition) is 3. The van der Waals surface area contributed by atoms with Crippen LogP contribution in [0.15, 0.2) is 30.6 Å². The van der Waals surface area contributed by atoms with E-state index in [2.05, 4.69) is 51.4 Å². The van der Waals surface area contributed by atoms with E-state index in [4.69, 9.17) is 11.6 Å². The Morgan fingerprint density at radius 1 is 1.22 bits per heavy atom. The van der Waals surface area contributed by atoms with Crippen molar-refractivity contribution in [3.8, 4) is 0 Å². The van der Waals surface area contributed by atoms with Crippen molar-refractivity contribution in [2.75, 3.05) is 30.8 Å². The molecule has 1 saturated heterocycles. The third kappa shape index (κ3) is 4.70. The maximum Gasteiger partial charge on any atom is 0.270 e. The van der Waals surface area contributed by atoms with Gasteiger partial charge in [0.25, 0.3) is 11.8 Å². The summed E-state index contributed by atoms with van der Waals surface area (Å²) >= 11 is 5.92. The molecule has 2 amide bonds. The number of H-pyrrole nitrogens is 1. The molecule has 11 heteroatoms. The first-order chi connectivity index (χ1) is 17.6. The van der Waals surface area contributed by atoms with Crippen LogP contribution in [-0.2, 0) is 4.79 Å². The largest absolute Gasteiger partial charge is 0.351 e. The Morgan fingerprint density at radius 2 is 1.95 bits per heavy atom. The van der Waals surface area contributed by atoms with Crippen molar-refractivity contribution in [1.82, 2.24) is 24.8 Å².